The van der Waals surface area contributed by atoms with Gasteiger partial charge in [0, 0.05) is 6.54 Å². The van der Waals surface area contributed by atoms with E-state index in [0.29, 0.717) is 6.54 Å². The van der Waals surface area contributed by atoms with Crippen molar-refractivity contribution in [2.24, 2.45) is 0 Å². The summed E-state index contributed by atoms with van der Waals surface area (Å²) in [4.78, 5) is 16.3. The Morgan fingerprint density at radius 2 is 1.91 bits per heavy atom. The minimum Gasteiger partial charge on any atom is -0.445 e. The van der Waals surface area contributed by atoms with Crippen molar-refractivity contribution in [2.75, 3.05) is 6.54 Å². The predicted octanol–water partition coefficient (Wildman–Crippen LogP) is 6.13. The first-order valence-electron chi connectivity index (χ1n) is 11.0. The van der Waals surface area contributed by atoms with Crippen molar-refractivity contribution >= 4 is 12.2 Å². The van der Waals surface area contributed by atoms with Crippen LogP contribution in [0.15, 0.2) is 72.7 Å². The molecule has 168 valence electrons. The molecule has 0 aliphatic rings. The summed E-state index contributed by atoms with van der Waals surface area (Å²) in [7, 11) is 0. The maximum Gasteiger partial charge on any atom is 0.407 e. The van der Waals surface area contributed by atoms with Gasteiger partial charge in [0.05, 0.1) is 24.3 Å². The Hall–Kier alpha value is -3.41. The fourth-order valence-corrected chi connectivity index (χ4v) is 3.55. The monoisotopic (exact) mass is 435 g/mol. The van der Waals surface area contributed by atoms with Gasteiger partial charge in [-0.2, -0.15) is 0 Å². The lowest BCUT2D eigenvalue weighted by molar-refractivity contribution is 0.140. The van der Waals surface area contributed by atoms with Gasteiger partial charge in [0.2, 0.25) is 0 Å². The number of benzene rings is 2. The van der Waals surface area contributed by atoms with Crippen LogP contribution in [0.2, 0.25) is 0 Å². The first-order valence-corrected chi connectivity index (χ1v) is 11.0. The number of halogens is 1. The topological polar surface area (TPSA) is 56.2 Å². The van der Waals surface area contributed by atoms with Gasteiger partial charge in [0.25, 0.3) is 0 Å². The molecule has 0 aliphatic carbocycles. The highest BCUT2D eigenvalue weighted by molar-refractivity contribution is 5.67. The average molecular weight is 436 g/mol. The number of alkyl carbamates (subject to hydrolysis) is 1. The molecule has 5 nitrogen and oxygen atoms in total. The van der Waals surface area contributed by atoms with Gasteiger partial charge in [-0.15, -0.1) is 0 Å². The van der Waals surface area contributed by atoms with E-state index < -0.39 is 6.09 Å². The SMILES string of the molecule is CCC/C(=C\c1cncn1[C@H](C)c1ccc(F)cc1)CCNC(=O)OCc1ccccc1. The van der Waals surface area contributed by atoms with E-state index in [9.17, 15) is 9.18 Å². The van der Waals surface area contributed by atoms with Gasteiger partial charge in [0.1, 0.15) is 12.4 Å². The molecule has 0 fully saturated rings. The summed E-state index contributed by atoms with van der Waals surface area (Å²) < 4.78 is 20.6. The smallest absolute Gasteiger partial charge is 0.407 e. The Morgan fingerprint density at radius 3 is 2.62 bits per heavy atom. The number of hydrogen-bond donors (Lipinski definition) is 1. The minimum absolute atomic E-state index is 0.0262. The lowest BCUT2D eigenvalue weighted by Crippen LogP contribution is -2.25. The van der Waals surface area contributed by atoms with Crippen LogP contribution >= 0.6 is 0 Å². The van der Waals surface area contributed by atoms with E-state index >= 15 is 0 Å². The van der Waals surface area contributed by atoms with E-state index in [4.69, 9.17) is 4.74 Å². The largest absolute Gasteiger partial charge is 0.445 e. The zero-order chi connectivity index (χ0) is 22.8. The molecule has 0 saturated heterocycles. The highest BCUT2D eigenvalue weighted by atomic mass is 19.1. The van der Waals surface area contributed by atoms with Gasteiger partial charge in [-0.05, 0) is 49.1 Å². The van der Waals surface area contributed by atoms with Crippen LogP contribution in [0.25, 0.3) is 6.08 Å². The van der Waals surface area contributed by atoms with Crippen LogP contribution in [0.3, 0.4) is 0 Å². The maximum absolute atomic E-state index is 13.3. The third kappa shape index (κ3) is 6.80. The van der Waals surface area contributed by atoms with Crippen molar-refractivity contribution < 1.29 is 13.9 Å². The molecule has 0 bridgehead atoms. The molecule has 0 aliphatic heterocycles. The van der Waals surface area contributed by atoms with Crippen molar-refractivity contribution in [3.05, 3.63) is 95.3 Å². The number of hydrogen-bond acceptors (Lipinski definition) is 3. The number of nitrogens with one attached hydrogen (secondary N) is 1. The summed E-state index contributed by atoms with van der Waals surface area (Å²) in [6, 6.07) is 16.2. The number of carbonyl (C=O) groups excluding carboxylic acids is 1. The molecule has 3 aromatic rings. The van der Waals surface area contributed by atoms with E-state index in [1.807, 2.05) is 36.5 Å². The number of carbonyl (C=O) groups is 1. The second kappa shape index (κ2) is 11.8. The fourth-order valence-electron chi connectivity index (χ4n) is 3.55. The first-order chi connectivity index (χ1) is 15.6. The van der Waals surface area contributed by atoms with Crippen molar-refractivity contribution in [1.29, 1.82) is 0 Å². The lowest BCUT2D eigenvalue weighted by atomic mass is 10.0. The molecule has 1 N–H and O–H groups in total. The number of nitrogens with zero attached hydrogens (tertiary/aromatic N) is 2. The Kier molecular flexibility index (Phi) is 8.61. The molecular formula is C26H30FN3O2. The maximum atomic E-state index is 13.3. The third-order valence-electron chi connectivity index (χ3n) is 5.32. The molecule has 32 heavy (non-hydrogen) atoms. The third-order valence-corrected chi connectivity index (χ3v) is 5.32. The first kappa shape index (κ1) is 23.3. The summed E-state index contributed by atoms with van der Waals surface area (Å²) in [5.41, 5.74) is 4.18. The van der Waals surface area contributed by atoms with Gasteiger partial charge in [-0.1, -0.05) is 61.4 Å². The van der Waals surface area contributed by atoms with Crippen molar-refractivity contribution in [3.63, 3.8) is 0 Å². The Morgan fingerprint density at radius 1 is 1.16 bits per heavy atom. The molecule has 3 rings (SSSR count). The van der Waals surface area contributed by atoms with Crippen LogP contribution in [-0.2, 0) is 11.3 Å². The molecule has 6 heteroatoms. The summed E-state index contributed by atoms with van der Waals surface area (Å²) in [5.74, 6) is -0.244. The van der Waals surface area contributed by atoms with Crippen molar-refractivity contribution in [2.45, 2.75) is 45.8 Å². The fraction of sp³-hybridized carbons (Fsp3) is 0.308. The quantitative estimate of drug-likeness (QED) is 0.417. The molecule has 1 amide bonds. The van der Waals surface area contributed by atoms with Crippen LogP contribution in [0.5, 0.6) is 0 Å². The molecule has 1 aromatic heterocycles. The molecule has 0 spiro atoms. The van der Waals surface area contributed by atoms with Crippen LogP contribution in [-0.4, -0.2) is 22.2 Å². The van der Waals surface area contributed by atoms with E-state index in [1.54, 1.807) is 18.5 Å². The highest BCUT2D eigenvalue weighted by Crippen LogP contribution is 2.23. The number of ether oxygens (including phenoxy) is 1. The van der Waals surface area contributed by atoms with E-state index in [-0.39, 0.29) is 18.5 Å². The van der Waals surface area contributed by atoms with Gasteiger partial charge < -0.3 is 14.6 Å². The molecule has 1 heterocycles. The minimum atomic E-state index is -0.417. The summed E-state index contributed by atoms with van der Waals surface area (Å²) >= 11 is 0. The van der Waals surface area contributed by atoms with Crippen LogP contribution < -0.4 is 5.32 Å². The molecule has 1 atom stereocenters. The average Bonchev–Trinajstić information content (AvgIpc) is 3.26. The highest BCUT2D eigenvalue weighted by Gasteiger charge is 2.12. The van der Waals surface area contributed by atoms with Gasteiger partial charge >= 0.3 is 6.09 Å². The summed E-state index contributed by atoms with van der Waals surface area (Å²) in [6.45, 7) is 4.95. The molecule has 0 radical (unpaired) electrons. The summed E-state index contributed by atoms with van der Waals surface area (Å²) in [6.07, 6.45) is 8.00. The number of rotatable bonds is 10. The molecule has 0 unspecified atom stereocenters. The van der Waals surface area contributed by atoms with Crippen LogP contribution in [0.1, 0.15) is 56.0 Å². The number of imidazole rings is 1. The van der Waals surface area contributed by atoms with E-state index in [1.165, 1.54) is 17.7 Å². The molecule has 0 saturated carbocycles. The number of amides is 1. The Bertz CT molecular complexity index is 1010. The molecular weight excluding hydrogens is 405 g/mol. The van der Waals surface area contributed by atoms with Gasteiger partial charge in [0.15, 0.2) is 0 Å². The van der Waals surface area contributed by atoms with Crippen LogP contribution in [0.4, 0.5) is 9.18 Å². The summed E-state index contributed by atoms with van der Waals surface area (Å²) in [5, 5.41) is 2.83. The zero-order valence-electron chi connectivity index (χ0n) is 18.6. The number of aromatic nitrogens is 2. The Balaban J connectivity index is 1.58. The standard InChI is InChI=1S/C26H30FN3O2/c1-3-7-21(14-15-29-26(31)32-18-22-8-5-4-6-9-22)16-25-17-28-19-30(25)20(2)23-10-12-24(27)13-11-23/h4-6,8-13,16-17,19-20H,3,7,14-15,18H2,1-2H3,(H,29,31)/b21-16+/t20-/m1/s1. The van der Waals surface area contributed by atoms with Crippen molar-refractivity contribution in [1.82, 2.24) is 14.9 Å². The second-order valence-electron chi connectivity index (χ2n) is 7.74. The Labute approximate surface area is 188 Å². The predicted molar refractivity (Wildman–Crippen MR) is 125 cm³/mol. The lowest BCUT2D eigenvalue weighted by Gasteiger charge is -2.17. The van der Waals surface area contributed by atoms with Gasteiger partial charge in [-0.25, -0.2) is 14.2 Å². The van der Waals surface area contributed by atoms with Gasteiger partial charge in [-0.3, -0.25) is 0 Å². The zero-order valence-corrected chi connectivity index (χ0v) is 18.6. The van der Waals surface area contributed by atoms with Crippen molar-refractivity contribution in [3.8, 4) is 0 Å². The van der Waals surface area contributed by atoms with Crippen LogP contribution in [0, 0.1) is 5.82 Å². The normalized spacial score (nSPS) is 12.4. The van der Waals surface area contributed by atoms with E-state index in [2.05, 4.69) is 34.8 Å². The molecule has 2 aromatic carbocycles. The second-order valence-corrected chi connectivity index (χ2v) is 7.74. The van der Waals surface area contributed by atoms with E-state index in [0.717, 1.165) is 36.1 Å².